The number of carbonyl (C=O) groups excluding carboxylic acids is 1. The van der Waals surface area contributed by atoms with Gasteiger partial charge in [-0.05, 0) is 18.1 Å². The van der Waals surface area contributed by atoms with E-state index >= 15 is 0 Å². The standard InChI is InChI=1S/C14H17N3O3/c1-3-8(2)12(14(19)20)16-13(18)9-4-5-10-7-15-17-11(10)6-9/h4-8,12H,3H2,1-2H3,(H,15,17)(H,16,18)(H,19,20)/t8-,12-/m0/s1. The van der Waals surface area contributed by atoms with Gasteiger partial charge in [0.05, 0.1) is 11.7 Å². The molecule has 1 amide bonds. The first-order valence-corrected chi connectivity index (χ1v) is 6.49. The fraction of sp³-hybridized carbons (Fsp3) is 0.357. The second-order valence-electron chi connectivity index (χ2n) is 4.85. The number of hydrogen-bond donors (Lipinski definition) is 3. The van der Waals surface area contributed by atoms with Crippen LogP contribution < -0.4 is 5.32 Å². The first-order chi connectivity index (χ1) is 9.52. The van der Waals surface area contributed by atoms with Gasteiger partial charge in [0.15, 0.2) is 0 Å². The van der Waals surface area contributed by atoms with Gasteiger partial charge in [-0.1, -0.05) is 26.3 Å². The highest BCUT2D eigenvalue weighted by Gasteiger charge is 2.25. The number of aromatic amines is 1. The van der Waals surface area contributed by atoms with Crippen molar-refractivity contribution in [2.75, 3.05) is 0 Å². The normalized spacial score (nSPS) is 13.9. The summed E-state index contributed by atoms with van der Waals surface area (Å²) in [6, 6.07) is 4.20. The van der Waals surface area contributed by atoms with Gasteiger partial charge in [0.1, 0.15) is 6.04 Å². The van der Waals surface area contributed by atoms with Crippen LogP contribution in [0.3, 0.4) is 0 Å². The molecule has 2 atom stereocenters. The molecule has 1 aromatic carbocycles. The van der Waals surface area contributed by atoms with E-state index in [2.05, 4.69) is 15.5 Å². The van der Waals surface area contributed by atoms with E-state index in [1.807, 2.05) is 6.92 Å². The Morgan fingerprint density at radius 2 is 2.20 bits per heavy atom. The van der Waals surface area contributed by atoms with Crippen LogP contribution in [0.1, 0.15) is 30.6 Å². The number of carbonyl (C=O) groups is 2. The second-order valence-corrected chi connectivity index (χ2v) is 4.85. The molecule has 0 unspecified atom stereocenters. The molecule has 3 N–H and O–H groups in total. The minimum absolute atomic E-state index is 0.132. The number of rotatable bonds is 5. The molecule has 6 nitrogen and oxygen atoms in total. The lowest BCUT2D eigenvalue weighted by Crippen LogP contribution is -2.45. The zero-order valence-electron chi connectivity index (χ0n) is 11.4. The van der Waals surface area contributed by atoms with Crippen molar-refractivity contribution >= 4 is 22.8 Å². The molecular weight excluding hydrogens is 258 g/mol. The van der Waals surface area contributed by atoms with Gasteiger partial charge >= 0.3 is 5.97 Å². The molecule has 0 saturated heterocycles. The molecule has 6 heteroatoms. The third-order valence-corrected chi connectivity index (χ3v) is 3.47. The molecule has 106 valence electrons. The molecule has 0 bridgehead atoms. The maximum atomic E-state index is 12.1. The lowest BCUT2D eigenvalue weighted by Gasteiger charge is -2.20. The fourth-order valence-electron chi connectivity index (χ4n) is 1.99. The van der Waals surface area contributed by atoms with Crippen LogP contribution in [0, 0.1) is 5.92 Å². The maximum absolute atomic E-state index is 12.1. The zero-order chi connectivity index (χ0) is 14.7. The molecule has 0 aliphatic heterocycles. The van der Waals surface area contributed by atoms with Crippen LogP contribution in [0.25, 0.3) is 10.9 Å². The molecule has 0 aliphatic carbocycles. The van der Waals surface area contributed by atoms with Crippen LogP contribution >= 0.6 is 0 Å². The Labute approximate surface area is 116 Å². The van der Waals surface area contributed by atoms with Gasteiger partial charge in [-0.25, -0.2) is 4.79 Å². The molecule has 0 aliphatic rings. The summed E-state index contributed by atoms with van der Waals surface area (Å²) in [5, 5.41) is 19.3. The van der Waals surface area contributed by atoms with E-state index in [1.165, 1.54) is 0 Å². The number of hydrogen-bond acceptors (Lipinski definition) is 3. The summed E-state index contributed by atoms with van der Waals surface area (Å²) in [5.74, 6) is -1.54. The van der Waals surface area contributed by atoms with E-state index in [9.17, 15) is 14.7 Å². The van der Waals surface area contributed by atoms with E-state index in [-0.39, 0.29) is 5.92 Å². The van der Waals surface area contributed by atoms with Gasteiger partial charge in [0, 0.05) is 10.9 Å². The quantitative estimate of drug-likeness (QED) is 0.775. The van der Waals surface area contributed by atoms with Gasteiger partial charge in [0.2, 0.25) is 0 Å². The Balaban J connectivity index is 2.19. The number of benzene rings is 1. The van der Waals surface area contributed by atoms with E-state index in [1.54, 1.807) is 31.3 Å². The van der Waals surface area contributed by atoms with Crippen molar-refractivity contribution in [1.29, 1.82) is 0 Å². The van der Waals surface area contributed by atoms with Crippen molar-refractivity contribution in [2.24, 2.45) is 5.92 Å². The molecule has 2 rings (SSSR count). The highest BCUT2D eigenvalue weighted by Crippen LogP contribution is 2.14. The molecule has 1 aromatic heterocycles. The number of nitrogens with zero attached hydrogens (tertiary/aromatic N) is 1. The second kappa shape index (κ2) is 5.73. The number of fused-ring (bicyclic) bond motifs is 1. The van der Waals surface area contributed by atoms with Gasteiger partial charge < -0.3 is 10.4 Å². The van der Waals surface area contributed by atoms with Crippen LogP contribution in [-0.4, -0.2) is 33.2 Å². The minimum atomic E-state index is -1.02. The summed E-state index contributed by atoms with van der Waals surface area (Å²) in [6.07, 6.45) is 2.34. The van der Waals surface area contributed by atoms with Crippen molar-refractivity contribution in [1.82, 2.24) is 15.5 Å². The van der Waals surface area contributed by atoms with Crippen molar-refractivity contribution in [3.8, 4) is 0 Å². The first kappa shape index (κ1) is 14.0. The molecule has 2 aromatic rings. The lowest BCUT2D eigenvalue weighted by molar-refractivity contribution is -0.140. The number of nitrogens with one attached hydrogen (secondary N) is 2. The summed E-state index contributed by atoms with van der Waals surface area (Å²) in [6.45, 7) is 3.70. The van der Waals surface area contributed by atoms with E-state index in [0.717, 1.165) is 10.9 Å². The highest BCUT2D eigenvalue weighted by molar-refractivity contribution is 5.99. The molecule has 0 spiro atoms. The first-order valence-electron chi connectivity index (χ1n) is 6.49. The smallest absolute Gasteiger partial charge is 0.326 e. The third-order valence-electron chi connectivity index (χ3n) is 3.47. The Kier molecular flexibility index (Phi) is 4.02. The Hall–Kier alpha value is -2.37. The van der Waals surface area contributed by atoms with Crippen LogP contribution in [0.2, 0.25) is 0 Å². The predicted molar refractivity (Wildman–Crippen MR) is 74.4 cm³/mol. The van der Waals surface area contributed by atoms with Crippen molar-refractivity contribution in [3.63, 3.8) is 0 Å². The topological polar surface area (TPSA) is 95.1 Å². The van der Waals surface area contributed by atoms with E-state index in [0.29, 0.717) is 12.0 Å². The summed E-state index contributed by atoms with van der Waals surface area (Å²) in [4.78, 5) is 23.3. The summed E-state index contributed by atoms with van der Waals surface area (Å²) < 4.78 is 0. The molecular formula is C14H17N3O3. The minimum Gasteiger partial charge on any atom is -0.480 e. The van der Waals surface area contributed by atoms with Crippen LogP contribution in [0.5, 0.6) is 0 Å². The van der Waals surface area contributed by atoms with E-state index < -0.39 is 17.9 Å². The highest BCUT2D eigenvalue weighted by atomic mass is 16.4. The third kappa shape index (κ3) is 2.79. The predicted octanol–water partition coefficient (Wildman–Crippen LogP) is 1.79. The van der Waals surface area contributed by atoms with Gasteiger partial charge in [-0.2, -0.15) is 5.10 Å². The van der Waals surface area contributed by atoms with Crippen LogP contribution in [0.15, 0.2) is 24.4 Å². The molecule has 1 heterocycles. The molecule has 20 heavy (non-hydrogen) atoms. The summed E-state index contributed by atoms with van der Waals surface area (Å²) >= 11 is 0. The maximum Gasteiger partial charge on any atom is 0.326 e. The molecule has 0 radical (unpaired) electrons. The van der Waals surface area contributed by atoms with Crippen molar-refractivity contribution in [2.45, 2.75) is 26.3 Å². The van der Waals surface area contributed by atoms with Crippen LogP contribution in [0.4, 0.5) is 0 Å². The number of carboxylic acids is 1. The Bertz CT molecular complexity index is 635. The number of amides is 1. The van der Waals surface area contributed by atoms with Crippen molar-refractivity contribution < 1.29 is 14.7 Å². The van der Waals surface area contributed by atoms with Crippen molar-refractivity contribution in [3.05, 3.63) is 30.0 Å². The molecule has 0 saturated carbocycles. The SMILES string of the molecule is CC[C@H](C)[C@H](NC(=O)c1ccc2cn[nH]c2c1)C(=O)O. The number of aromatic nitrogens is 2. The molecule has 0 fully saturated rings. The van der Waals surface area contributed by atoms with Crippen LogP contribution in [-0.2, 0) is 4.79 Å². The van der Waals surface area contributed by atoms with Gasteiger partial charge in [-0.3, -0.25) is 9.89 Å². The number of aliphatic carboxylic acids is 1. The Morgan fingerprint density at radius 3 is 2.85 bits per heavy atom. The average molecular weight is 275 g/mol. The largest absolute Gasteiger partial charge is 0.480 e. The summed E-state index contributed by atoms with van der Waals surface area (Å²) in [7, 11) is 0. The number of H-pyrrole nitrogens is 1. The fourth-order valence-corrected chi connectivity index (χ4v) is 1.99. The summed E-state index contributed by atoms with van der Waals surface area (Å²) in [5.41, 5.74) is 1.16. The number of carboxylic acid groups (broad SMARTS) is 1. The lowest BCUT2D eigenvalue weighted by atomic mass is 9.99. The van der Waals surface area contributed by atoms with Gasteiger partial charge in [-0.15, -0.1) is 0 Å². The average Bonchev–Trinajstić information content (AvgIpc) is 2.90. The monoisotopic (exact) mass is 275 g/mol. The van der Waals surface area contributed by atoms with Gasteiger partial charge in [0.25, 0.3) is 5.91 Å². The zero-order valence-corrected chi connectivity index (χ0v) is 11.4. The Morgan fingerprint density at radius 1 is 1.45 bits per heavy atom. The van der Waals surface area contributed by atoms with E-state index in [4.69, 9.17) is 0 Å².